The summed E-state index contributed by atoms with van der Waals surface area (Å²) in [7, 11) is 0. The zero-order chi connectivity index (χ0) is 21.2. The normalized spacial score (nSPS) is 9.45. The molecule has 0 aliphatic rings. The van der Waals surface area contributed by atoms with Crippen LogP contribution < -0.4 is 29.6 Å². The van der Waals surface area contributed by atoms with E-state index >= 15 is 0 Å². The maximum Gasteiger partial charge on any atom is 1.00 e. The van der Waals surface area contributed by atoms with Crippen molar-refractivity contribution in [2.24, 2.45) is 0 Å². The van der Waals surface area contributed by atoms with Gasteiger partial charge in [-0.2, -0.15) is 6.42 Å². The van der Waals surface area contributed by atoms with Gasteiger partial charge in [-0.3, -0.25) is 11.1 Å². The van der Waals surface area contributed by atoms with Crippen molar-refractivity contribution in [3.8, 4) is 0 Å². The Labute approximate surface area is 195 Å². The zero-order valence-corrected chi connectivity index (χ0v) is 19.9. The Hall–Kier alpha value is -1.50. The SMILES string of the molecule is CCCCCCCC(=O)OC(=O)c1ccccc1C(=O)O.CCCCC[C-]=O.[Na+]. The Morgan fingerprint density at radius 3 is 2.00 bits per heavy atom. The first-order valence-corrected chi connectivity index (χ1v) is 9.90. The molecule has 0 heterocycles. The van der Waals surface area contributed by atoms with Crippen LogP contribution in [0.4, 0.5) is 0 Å². The average molecular weight is 414 g/mol. The quantitative estimate of drug-likeness (QED) is 0.185. The van der Waals surface area contributed by atoms with Crippen LogP contribution in [0.1, 0.15) is 98.8 Å². The molecule has 29 heavy (non-hydrogen) atoms. The van der Waals surface area contributed by atoms with Gasteiger partial charge in [0.25, 0.3) is 0 Å². The fourth-order valence-corrected chi connectivity index (χ4v) is 2.38. The molecular formula is C22H31NaO6. The molecule has 0 atom stereocenters. The van der Waals surface area contributed by atoms with Gasteiger partial charge in [0.1, 0.15) is 0 Å². The zero-order valence-electron chi connectivity index (χ0n) is 17.9. The van der Waals surface area contributed by atoms with Gasteiger partial charge in [0.2, 0.25) is 0 Å². The molecule has 0 bridgehead atoms. The maximum absolute atomic E-state index is 11.8. The number of carboxylic acid groups (broad SMARTS) is 1. The summed E-state index contributed by atoms with van der Waals surface area (Å²) in [5.41, 5.74) is -0.275. The van der Waals surface area contributed by atoms with Gasteiger partial charge in [0.15, 0.2) is 0 Å². The summed E-state index contributed by atoms with van der Waals surface area (Å²) in [5, 5.41) is 8.98. The summed E-state index contributed by atoms with van der Waals surface area (Å²) in [6, 6.07) is 5.67. The van der Waals surface area contributed by atoms with Crippen molar-refractivity contribution in [3.05, 3.63) is 35.4 Å². The fraction of sp³-hybridized carbons (Fsp3) is 0.545. The molecule has 0 radical (unpaired) electrons. The number of ether oxygens (including phenoxy) is 1. The molecule has 7 heteroatoms. The average Bonchev–Trinajstić information content (AvgIpc) is 2.68. The minimum atomic E-state index is -1.23. The van der Waals surface area contributed by atoms with Crippen molar-refractivity contribution >= 4 is 24.2 Å². The summed E-state index contributed by atoms with van der Waals surface area (Å²) in [6.07, 6.45) is 10.9. The van der Waals surface area contributed by atoms with Crippen molar-refractivity contribution < 1.29 is 58.6 Å². The number of esters is 2. The monoisotopic (exact) mass is 414 g/mol. The van der Waals surface area contributed by atoms with Gasteiger partial charge in [-0.05, 0) is 18.6 Å². The minimum Gasteiger partial charge on any atom is -0.542 e. The topological polar surface area (TPSA) is 97.7 Å². The molecule has 1 rings (SSSR count). The molecule has 6 nitrogen and oxygen atoms in total. The van der Waals surface area contributed by atoms with Crippen molar-refractivity contribution in [1.29, 1.82) is 0 Å². The van der Waals surface area contributed by atoms with Crippen LogP contribution in [0.5, 0.6) is 0 Å². The van der Waals surface area contributed by atoms with Crippen molar-refractivity contribution in [3.63, 3.8) is 0 Å². The van der Waals surface area contributed by atoms with Crippen molar-refractivity contribution in [1.82, 2.24) is 0 Å². The molecule has 0 fully saturated rings. The van der Waals surface area contributed by atoms with E-state index in [0.29, 0.717) is 12.8 Å². The predicted octanol–water partition coefficient (Wildman–Crippen LogP) is 2.11. The van der Waals surface area contributed by atoms with Gasteiger partial charge in [-0.25, -0.2) is 9.59 Å². The fourth-order valence-electron chi connectivity index (χ4n) is 2.38. The van der Waals surface area contributed by atoms with Crippen LogP contribution in [0, 0.1) is 0 Å². The number of carbonyl (C=O) groups excluding carboxylic acids is 3. The number of aromatic carboxylic acids is 1. The van der Waals surface area contributed by atoms with E-state index in [1.807, 2.05) is 6.29 Å². The molecule has 0 saturated heterocycles. The van der Waals surface area contributed by atoms with Gasteiger partial charge >= 0.3 is 47.5 Å². The molecule has 1 aromatic rings. The largest absolute Gasteiger partial charge is 1.00 e. The van der Waals surface area contributed by atoms with E-state index in [1.165, 1.54) is 30.7 Å². The number of hydrogen-bond acceptors (Lipinski definition) is 5. The number of benzene rings is 1. The number of rotatable bonds is 12. The predicted molar refractivity (Wildman–Crippen MR) is 107 cm³/mol. The molecule has 156 valence electrons. The Morgan fingerprint density at radius 2 is 1.45 bits per heavy atom. The van der Waals surface area contributed by atoms with Crippen LogP contribution in [-0.4, -0.2) is 29.3 Å². The second-order valence-electron chi connectivity index (χ2n) is 6.38. The molecule has 0 amide bonds. The van der Waals surface area contributed by atoms with E-state index < -0.39 is 17.9 Å². The van der Waals surface area contributed by atoms with Crippen LogP contribution in [-0.2, 0) is 14.3 Å². The van der Waals surface area contributed by atoms with E-state index in [2.05, 4.69) is 13.8 Å². The molecule has 0 spiro atoms. The third kappa shape index (κ3) is 15.1. The van der Waals surface area contributed by atoms with Gasteiger partial charge in [-0.1, -0.05) is 70.9 Å². The minimum absolute atomic E-state index is 0. The number of carboxylic acids is 1. The maximum atomic E-state index is 11.8. The van der Waals surface area contributed by atoms with Gasteiger partial charge in [0, 0.05) is 6.42 Å². The van der Waals surface area contributed by atoms with E-state index in [0.717, 1.165) is 38.5 Å². The van der Waals surface area contributed by atoms with Crippen LogP contribution in [0.25, 0.3) is 0 Å². The first-order valence-electron chi connectivity index (χ1n) is 9.90. The second-order valence-corrected chi connectivity index (χ2v) is 6.38. The Bertz CT molecular complexity index is 615. The Kier molecular flexibility index (Phi) is 20.3. The molecule has 0 aliphatic heterocycles. The van der Waals surface area contributed by atoms with Gasteiger partial charge in [0.05, 0.1) is 11.1 Å². The van der Waals surface area contributed by atoms with E-state index in [-0.39, 0.29) is 47.1 Å². The van der Waals surface area contributed by atoms with Crippen LogP contribution >= 0.6 is 0 Å². The van der Waals surface area contributed by atoms with Crippen molar-refractivity contribution in [2.75, 3.05) is 0 Å². The number of unbranched alkanes of at least 4 members (excludes halogenated alkanes) is 7. The molecular weight excluding hydrogens is 383 g/mol. The van der Waals surface area contributed by atoms with Crippen molar-refractivity contribution in [2.45, 2.75) is 78.1 Å². The summed E-state index contributed by atoms with van der Waals surface area (Å²) in [4.78, 5) is 43.9. The molecule has 0 saturated carbocycles. The molecule has 0 unspecified atom stereocenters. The third-order valence-corrected chi connectivity index (χ3v) is 3.95. The first-order chi connectivity index (χ1) is 13.5. The summed E-state index contributed by atoms with van der Waals surface area (Å²) in [5.74, 6) is -2.75. The molecule has 0 aromatic heterocycles. The van der Waals surface area contributed by atoms with Crippen LogP contribution in [0.3, 0.4) is 0 Å². The smallest absolute Gasteiger partial charge is 0.542 e. The third-order valence-electron chi connectivity index (χ3n) is 3.95. The second kappa shape index (κ2) is 19.8. The van der Waals surface area contributed by atoms with E-state index in [1.54, 1.807) is 0 Å². The van der Waals surface area contributed by atoms with Crippen LogP contribution in [0.15, 0.2) is 24.3 Å². The Morgan fingerprint density at radius 1 is 0.897 bits per heavy atom. The Balaban J connectivity index is 0. The number of hydrogen-bond donors (Lipinski definition) is 1. The summed E-state index contributed by atoms with van der Waals surface area (Å²) < 4.78 is 4.69. The number of carbonyl (C=O) groups is 3. The van der Waals surface area contributed by atoms with Gasteiger partial charge in [-0.15, -0.1) is 0 Å². The first kappa shape index (κ1) is 29.7. The standard InChI is InChI=1S/C16H20O5.C6H11O.Na/c1-2-3-4-5-6-11-14(17)21-16(20)13-10-8-7-9-12(13)15(18)19;1-2-3-4-5-6-7;/h7-10H,2-6,11H2,1H3,(H,18,19);2-5H2,1H3;/q;-1;+1. The summed E-state index contributed by atoms with van der Waals surface area (Å²) in [6.45, 7) is 4.22. The van der Waals surface area contributed by atoms with Crippen LogP contribution in [0.2, 0.25) is 0 Å². The van der Waals surface area contributed by atoms with E-state index in [4.69, 9.17) is 9.84 Å². The molecule has 0 aliphatic carbocycles. The van der Waals surface area contributed by atoms with E-state index in [9.17, 15) is 19.2 Å². The summed E-state index contributed by atoms with van der Waals surface area (Å²) >= 11 is 0. The van der Waals surface area contributed by atoms with Gasteiger partial charge < -0.3 is 14.6 Å². The molecule has 1 N–H and O–H groups in total. The molecule has 1 aromatic carbocycles.